The fourth-order valence-corrected chi connectivity index (χ4v) is 2.06. The number of aliphatic hydroxyl groups excluding tert-OH is 1. The fourth-order valence-electron chi connectivity index (χ4n) is 2.06. The molecule has 0 aromatic heterocycles. The molecule has 0 bridgehead atoms. The van der Waals surface area contributed by atoms with Crippen LogP contribution in [0.15, 0.2) is 55.1 Å². The lowest BCUT2D eigenvalue weighted by Gasteiger charge is -2.20. The van der Waals surface area contributed by atoms with E-state index < -0.39 is 0 Å². The molecule has 3 nitrogen and oxygen atoms in total. The highest BCUT2D eigenvalue weighted by atomic mass is 16.3. The van der Waals surface area contributed by atoms with Gasteiger partial charge in [0.15, 0.2) is 0 Å². The summed E-state index contributed by atoms with van der Waals surface area (Å²) in [4.78, 5) is 13.9. The average Bonchev–Trinajstić information content (AvgIpc) is 2.46. The molecule has 2 aromatic rings. The summed E-state index contributed by atoms with van der Waals surface area (Å²) in [6.45, 7) is 4.34. The van der Waals surface area contributed by atoms with Gasteiger partial charge in [0.1, 0.15) is 0 Å². The van der Waals surface area contributed by atoms with Gasteiger partial charge in [-0.15, -0.1) is 6.58 Å². The number of benzene rings is 2. The van der Waals surface area contributed by atoms with Crippen LogP contribution in [-0.4, -0.2) is 35.6 Å². The van der Waals surface area contributed by atoms with E-state index in [1.807, 2.05) is 42.5 Å². The van der Waals surface area contributed by atoms with Gasteiger partial charge in [-0.25, -0.2) is 0 Å². The van der Waals surface area contributed by atoms with Crippen LogP contribution in [0.1, 0.15) is 10.4 Å². The summed E-state index contributed by atoms with van der Waals surface area (Å²) < 4.78 is 0. The van der Waals surface area contributed by atoms with E-state index in [1.54, 1.807) is 11.0 Å². The molecule has 0 aliphatic carbocycles. The standard InChI is InChI=1S/C16H17NO2/c1-2-9-17(10-11-18)16(19)15-8-7-13-5-3-4-6-14(13)12-15/h2-8,12,18H,1,9-11H2. The number of hydrogen-bond acceptors (Lipinski definition) is 2. The Morgan fingerprint density at radius 1 is 1.21 bits per heavy atom. The fraction of sp³-hybridized carbons (Fsp3) is 0.188. The normalized spacial score (nSPS) is 10.4. The van der Waals surface area contributed by atoms with Gasteiger partial charge in [-0.2, -0.15) is 0 Å². The molecular weight excluding hydrogens is 238 g/mol. The molecule has 0 radical (unpaired) electrons. The summed E-state index contributed by atoms with van der Waals surface area (Å²) in [7, 11) is 0. The number of carbonyl (C=O) groups excluding carboxylic acids is 1. The zero-order valence-corrected chi connectivity index (χ0v) is 10.7. The second-order valence-electron chi connectivity index (χ2n) is 4.33. The third-order valence-corrected chi connectivity index (χ3v) is 3.00. The van der Waals surface area contributed by atoms with Crippen molar-refractivity contribution in [3.8, 4) is 0 Å². The van der Waals surface area contributed by atoms with Gasteiger partial charge in [0.25, 0.3) is 5.91 Å². The van der Waals surface area contributed by atoms with Gasteiger partial charge in [-0.05, 0) is 22.9 Å². The van der Waals surface area contributed by atoms with Crippen LogP contribution in [0.4, 0.5) is 0 Å². The second kappa shape index (κ2) is 6.16. The SMILES string of the molecule is C=CCN(CCO)C(=O)c1ccc2ccccc2c1. The Kier molecular flexibility index (Phi) is 4.31. The van der Waals surface area contributed by atoms with Gasteiger partial charge in [0.05, 0.1) is 6.61 Å². The summed E-state index contributed by atoms with van der Waals surface area (Å²) in [5.74, 6) is -0.0836. The second-order valence-corrected chi connectivity index (χ2v) is 4.33. The summed E-state index contributed by atoms with van der Waals surface area (Å²) in [6.07, 6.45) is 1.66. The van der Waals surface area contributed by atoms with Crippen molar-refractivity contribution in [3.05, 3.63) is 60.7 Å². The van der Waals surface area contributed by atoms with Crippen LogP contribution in [0.5, 0.6) is 0 Å². The number of hydrogen-bond donors (Lipinski definition) is 1. The van der Waals surface area contributed by atoms with Crippen molar-refractivity contribution in [2.75, 3.05) is 19.7 Å². The summed E-state index contributed by atoms with van der Waals surface area (Å²) >= 11 is 0. The van der Waals surface area contributed by atoms with E-state index in [-0.39, 0.29) is 12.5 Å². The number of carbonyl (C=O) groups is 1. The van der Waals surface area contributed by atoms with Crippen molar-refractivity contribution in [1.82, 2.24) is 4.90 Å². The molecule has 0 saturated heterocycles. The third-order valence-electron chi connectivity index (χ3n) is 3.00. The quantitative estimate of drug-likeness (QED) is 0.834. The zero-order chi connectivity index (χ0) is 13.7. The van der Waals surface area contributed by atoms with E-state index in [0.29, 0.717) is 18.7 Å². The van der Waals surface area contributed by atoms with Crippen LogP contribution in [0.25, 0.3) is 10.8 Å². The number of fused-ring (bicyclic) bond motifs is 1. The van der Waals surface area contributed by atoms with Crippen molar-refractivity contribution in [1.29, 1.82) is 0 Å². The maximum Gasteiger partial charge on any atom is 0.254 e. The topological polar surface area (TPSA) is 40.5 Å². The summed E-state index contributed by atoms with van der Waals surface area (Å²) in [6, 6.07) is 13.6. The summed E-state index contributed by atoms with van der Waals surface area (Å²) in [5.41, 5.74) is 0.633. The Labute approximate surface area is 112 Å². The smallest absolute Gasteiger partial charge is 0.254 e. The molecule has 1 amide bonds. The molecule has 2 rings (SSSR count). The number of aliphatic hydroxyl groups is 1. The summed E-state index contributed by atoms with van der Waals surface area (Å²) in [5, 5.41) is 11.1. The van der Waals surface area contributed by atoms with Crippen LogP contribution < -0.4 is 0 Å². The predicted octanol–water partition coefficient (Wildman–Crippen LogP) is 2.46. The van der Waals surface area contributed by atoms with E-state index in [1.165, 1.54) is 0 Å². The first kappa shape index (κ1) is 13.3. The molecule has 1 N–H and O–H groups in total. The Hall–Kier alpha value is -2.13. The Balaban J connectivity index is 2.31. The lowest BCUT2D eigenvalue weighted by molar-refractivity contribution is 0.0743. The minimum absolute atomic E-state index is 0.0485. The van der Waals surface area contributed by atoms with E-state index in [2.05, 4.69) is 6.58 Å². The molecule has 98 valence electrons. The molecule has 0 heterocycles. The zero-order valence-electron chi connectivity index (χ0n) is 10.7. The van der Waals surface area contributed by atoms with Crippen molar-refractivity contribution >= 4 is 16.7 Å². The number of rotatable bonds is 5. The highest BCUT2D eigenvalue weighted by molar-refractivity contribution is 5.98. The van der Waals surface area contributed by atoms with Crippen LogP contribution in [0.2, 0.25) is 0 Å². The first-order valence-electron chi connectivity index (χ1n) is 6.26. The molecule has 0 spiro atoms. The molecule has 0 fully saturated rings. The van der Waals surface area contributed by atoms with Crippen molar-refractivity contribution < 1.29 is 9.90 Å². The van der Waals surface area contributed by atoms with Crippen molar-refractivity contribution in [2.24, 2.45) is 0 Å². The lowest BCUT2D eigenvalue weighted by Crippen LogP contribution is -2.33. The minimum atomic E-state index is -0.0836. The number of nitrogens with zero attached hydrogens (tertiary/aromatic N) is 1. The van der Waals surface area contributed by atoms with Gasteiger partial charge < -0.3 is 10.0 Å². The number of amides is 1. The largest absolute Gasteiger partial charge is 0.395 e. The predicted molar refractivity (Wildman–Crippen MR) is 77.1 cm³/mol. The van der Waals surface area contributed by atoms with E-state index in [4.69, 9.17) is 5.11 Å². The molecule has 0 saturated carbocycles. The molecule has 19 heavy (non-hydrogen) atoms. The molecule has 3 heteroatoms. The minimum Gasteiger partial charge on any atom is -0.395 e. The van der Waals surface area contributed by atoms with Gasteiger partial charge in [0.2, 0.25) is 0 Å². The molecule has 0 aliphatic rings. The maximum atomic E-state index is 12.3. The molecule has 0 atom stereocenters. The van der Waals surface area contributed by atoms with Gasteiger partial charge >= 0.3 is 0 Å². The van der Waals surface area contributed by atoms with E-state index >= 15 is 0 Å². The Morgan fingerprint density at radius 2 is 1.95 bits per heavy atom. The first-order valence-corrected chi connectivity index (χ1v) is 6.26. The highest BCUT2D eigenvalue weighted by Crippen LogP contribution is 2.16. The Morgan fingerprint density at radius 3 is 2.63 bits per heavy atom. The van der Waals surface area contributed by atoms with Crippen LogP contribution in [0, 0.1) is 0 Å². The highest BCUT2D eigenvalue weighted by Gasteiger charge is 2.14. The third kappa shape index (κ3) is 3.01. The van der Waals surface area contributed by atoms with Crippen molar-refractivity contribution in [3.63, 3.8) is 0 Å². The molecular formula is C16H17NO2. The first-order chi connectivity index (χ1) is 9.26. The van der Waals surface area contributed by atoms with E-state index in [0.717, 1.165) is 10.8 Å². The lowest BCUT2D eigenvalue weighted by atomic mass is 10.1. The molecule has 0 unspecified atom stereocenters. The van der Waals surface area contributed by atoms with E-state index in [9.17, 15) is 4.79 Å². The average molecular weight is 255 g/mol. The van der Waals surface area contributed by atoms with Gasteiger partial charge in [0, 0.05) is 18.7 Å². The van der Waals surface area contributed by atoms with Gasteiger partial charge in [-0.1, -0.05) is 36.4 Å². The van der Waals surface area contributed by atoms with Crippen LogP contribution >= 0.6 is 0 Å². The molecule has 2 aromatic carbocycles. The Bertz CT molecular complexity index is 592. The molecule has 0 aliphatic heterocycles. The van der Waals surface area contributed by atoms with Crippen molar-refractivity contribution in [2.45, 2.75) is 0 Å². The maximum absolute atomic E-state index is 12.3. The van der Waals surface area contributed by atoms with Crippen LogP contribution in [-0.2, 0) is 0 Å². The monoisotopic (exact) mass is 255 g/mol. The van der Waals surface area contributed by atoms with Crippen LogP contribution in [0.3, 0.4) is 0 Å². The van der Waals surface area contributed by atoms with Gasteiger partial charge in [-0.3, -0.25) is 4.79 Å².